The molecular weight excluding hydrogens is 479 g/mol. The molecule has 2 rings (SSSR count). The van der Waals surface area contributed by atoms with Gasteiger partial charge in [0.25, 0.3) is 0 Å². The van der Waals surface area contributed by atoms with E-state index >= 15 is 0 Å². The van der Waals surface area contributed by atoms with Crippen LogP contribution in [0.25, 0.3) is 0 Å². The molecule has 0 aliphatic heterocycles. The molecular formula is C19H22FO3W-. The SMILES string of the molecule is [CH2-]C(O)COc1ccc(Cc2ccc(OCCCF)cc2)cc1.[W]. The largest absolute Gasteiger partial charge is 0.494 e. The summed E-state index contributed by atoms with van der Waals surface area (Å²) >= 11 is 0. The van der Waals surface area contributed by atoms with Gasteiger partial charge in [-0.25, -0.2) is 0 Å². The molecule has 0 radical (unpaired) electrons. The molecule has 0 saturated heterocycles. The summed E-state index contributed by atoms with van der Waals surface area (Å²) in [7, 11) is 0. The van der Waals surface area contributed by atoms with Gasteiger partial charge < -0.3 is 21.5 Å². The summed E-state index contributed by atoms with van der Waals surface area (Å²) < 4.78 is 22.8. The molecule has 130 valence electrons. The second kappa shape index (κ2) is 11.2. The zero-order chi connectivity index (χ0) is 16.5. The zero-order valence-corrected chi connectivity index (χ0v) is 16.4. The minimum absolute atomic E-state index is 0. The van der Waals surface area contributed by atoms with E-state index < -0.39 is 6.10 Å². The van der Waals surface area contributed by atoms with Crippen LogP contribution in [0.15, 0.2) is 48.5 Å². The summed E-state index contributed by atoms with van der Waals surface area (Å²) in [6.45, 7) is 3.69. The van der Waals surface area contributed by atoms with Crippen LogP contribution in [0.1, 0.15) is 17.5 Å². The molecule has 0 aliphatic rings. The second-order valence-electron chi connectivity index (χ2n) is 5.32. The van der Waals surface area contributed by atoms with Gasteiger partial charge in [-0.05, 0) is 47.9 Å². The molecule has 0 spiro atoms. The molecule has 0 aliphatic carbocycles. The van der Waals surface area contributed by atoms with Gasteiger partial charge in [-0.15, -0.1) is 0 Å². The molecule has 3 nitrogen and oxygen atoms in total. The van der Waals surface area contributed by atoms with E-state index in [1.165, 1.54) is 11.1 Å². The Kier molecular flexibility index (Phi) is 9.66. The fraction of sp³-hybridized carbons (Fsp3) is 0.316. The first-order valence-corrected chi connectivity index (χ1v) is 7.68. The fourth-order valence-corrected chi connectivity index (χ4v) is 2.08. The standard InChI is InChI=1S/C19H22FO3.W/c1-15(21)14-23-19-9-5-17(6-10-19)13-16-3-7-18(8-4-16)22-12-2-11-20;/h3-10,15,21H,1-2,11-14H2;/q-1;. The third-order valence-corrected chi connectivity index (χ3v) is 3.24. The minimum Gasteiger partial charge on any atom is -0.494 e. The van der Waals surface area contributed by atoms with Gasteiger partial charge in [-0.2, -0.15) is 0 Å². The van der Waals surface area contributed by atoms with Crippen LogP contribution < -0.4 is 9.47 Å². The van der Waals surface area contributed by atoms with Gasteiger partial charge in [0.1, 0.15) is 11.5 Å². The van der Waals surface area contributed by atoms with Crippen LogP contribution in [0.3, 0.4) is 0 Å². The maximum Gasteiger partial charge on any atom is 0.119 e. The maximum absolute atomic E-state index is 12.0. The first-order valence-electron chi connectivity index (χ1n) is 7.68. The normalized spacial score (nSPS) is 11.5. The topological polar surface area (TPSA) is 38.7 Å². The number of ether oxygens (including phenoxy) is 2. The van der Waals surface area contributed by atoms with Crippen molar-refractivity contribution in [3.63, 3.8) is 0 Å². The van der Waals surface area contributed by atoms with E-state index in [0.29, 0.717) is 18.8 Å². The number of aliphatic hydroxyl groups excluding tert-OH is 1. The predicted octanol–water partition coefficient (Wildman–Crippen LogP) is 3.59. The number of alkyl halides is 1. The van der Waals surface area contributed by atoms with Crippen LogP contribution in [0.4, 0.5) is 4.39 Å². The van der Waals surface area contributed by atoms with Gasteiger partial charge in [0.15, 0.2) is 0 Å². The van der Waals surface area contributed by atoms with Crippen LogP contribution in [-0.4, -0.2) is 31.1 Å². The molecule has 0 amide bonds. The second-order valence-corrected chi connectivity index (χ2v) is 5.32. The first kappa shape index (κ1) is 20.7. The van der Waals surface area contributed by atoms with E-state index in [2.05, 4.69) is 6.92 Å². The number of benzene rings is 2. The van der Waals surface area contributed by atoms with Gasteiger partial charge in [0.2, 0.25) is 0 Å². The van der Waals surface area contributed by atoms with Crippen LogP contribution in [-0.2, 0) is 27.5 Å². The van der Waals surface area contributed by atoms with Crippen molar-refractivity contribution in [1.82, 2.24) is 0 Å². The molecule has 0 heterocycles. The quantitative estimate of drug-likeness (QED) is 0.422. The number of rotatable bonds is 9. The smallest absolute Gasteiger partial charge is 0.119 e. The Labute approximate surface area is 157 Å². The molecule has 1 atom stereocenters. The Balaban J connectivity index is 0.00000288. The molecule has 24 heavy (non-hydrogen) atoms. The molecule has 0 aromatic heterocycles. The maximum atomic E-state index is 12.0. The fourth-order valence-electron chi connectivity index (χ4n) is 2.08. The van der Waals surface area contributed by atoms with Crippen molar-refractivity contribution in [1.29, 1.82) is 0 Å². The molecule has 0 bridgehead atoms. The van der Waals surface area contributed by atoms with Gasteiger partial charge in [-0.3, -0.25) is 4.39 Å². The van der Waals surface area contributed by atoms with Crippen LogP contribution in [0.2, 0.25) is 0 Å². The summed E-state index contributed by atoms with van der Waals surface area (Å²) in [6, 6.07) is 15.6. The van der Waals surface area contributed by atoms with Crippen LogP contribution >= 0.6 is 0 Å². The summed E-state index contributed by atoms with van der Waals surface area (Å²) in [6.07, 6.45) is 0.505. The van der Waals surface area contributed by atoms with E-state index in [4.69, 9.17) is 14.6 Å². The van der Waals surface area contributed by atoms with E-state index in [9.17, 15) is 4.39 Å². The first-order chi connectivity index (χ1) is 11.2. The summed E-state index contributed by atoms with van der Waals surface area (Å²) in [5, 5.41) is 9.09. The molecule has 2 aromatic rings. The average Bonchev–Trinajstić information content (AvgIpc) is 2.56. The van der Waals surface area contributed by atoms with Gasteiger partial charge in [-0.1, -0.05) is 24.3 Å². The van der Waals surface area contributed by atoms with Gasteiger partial charge in [0.05, 0.1) is 19.9 Å². The Morgan fingerprint density at radius 3 is 1.88 bits per heavy atom. The van der Waals surface area contributed by atoms with Crippen LogP contribution in [0.5, 0.6) is 11.5 Å². The number of aliphatic hydroxyl groups is 1. The van der Waals surface area contributed by atoms with Gasteiger partial charge >= 0.3 is 0 Å². The van der Waals surface area contributed by atoms with E-state index in [1.807, 2.05) is 48.5 Å². The Bertz CT molecular complexity index is 570. The zero-order valence-electron chi connectivity index (χ0n) is 13.5. The van der Waals surface area contributed by atoms with Crippen molar-refractivity contribution < 1.29 is 40.0 Å². The Hall–Kier alpha value is -1.38. The molecule has 0 fully saturated rings. The van der Waals surface area contributed by atoms with Crippen molar-refractivity contribution in [3.05, 3.63) is 66.6 Å². The van der Waals surface area contributed by atoms with Crippen molar-refractivity contribution in [2.75, 3.05) is 19.9 Å². The van der Waals surface area contributed by atoms with Crippen LogP contribution in [0, 0.1) is 6.92 Å². The minimum atomic E-state index is -0.722. The average molecular weight is 501 g/mol. The van der Waals surface area contributed by atoms with Gasteiger partial charge in [0, 0.05) is 27.5 Å². The molecule has 5 heteroatoms. The summed E-state index contributed by atoms with van der Waals surface area (Å²) in [5.41, 5.74) is 2.34. The third kappa shape index (κ3) is 7.46. The summed E-state index contributed by atoms with van der Waals surface area (Å²) in [4.78, 5) is 0. The predicted molar refractivity (Wildman–Crippen MR) is 88.6 cm³/mol. The van der Waals surface area contributed by atoms with Crippen molar-refractivity contribution in [2.24, 2.45) is 0 Å². The van der Waals surface area contributed by atoms with E-state index in [0.717, 1.165) is 12.2 Å². The number of hydrogen-bond acceptors (Lipinski definition) is 3. The van der Waals surface area contributed by atoms with Crippen molar-refractivity contribution in [2.45, 2.75) is 18.9 Å². The van der Waals surface area contributed by atoms with E-state index in [-0.39, 0.29) is 34.3 Å². The number of halogens is 1. The Morgan fingerprint density at radius 2 is 1.42 bits per heavy atom. The monoisotopic (exact) mass is 501 g/mol. The van der Waals surface area contributed by atoms with Crippen molar-refractivity contribution in [3.8, 4) is 11.5 Å². The molecule has 0 saturated carbocycles. The summed E-state index contributed by atoms with van der Waals surface area (Å²) in [5.74, 6) is 1.48. The molecule has 1 N–H and O–H groups in total. The molecule has 2 aromatic carbocycles. The number of hydrogen-bond donors (Lipinski definition) is 1. The van der Waals surface area contributed by atoms with Crippen molar-refractivity contribution >= 4 is 0 Å². The molecule has 1 unspecified atom stereocenters. The van der Waals surface area contributed by atoms with E-state index in [1.54, 1.807) is 0 Å². The Morgan fingerprint density at radius 1 is 0.917 bits per heavy atom. The third-order valence-electron chi connectivity index (χ3n) is 3.24.